The van der Waals surface area contributed by atoms with Gasteiger partial charge in [-0.1, -0.05) is 92.5 Å². The Labute approximate surface area is 276 Å². The minimum atomic E-state index is -0.379. The molecule has 1 saturated carbocycles. The molecule has 5 rings (SSSR count). The van der Waals surface area contributed by atoms with Crippen LogP contribution >= 0.6 is 0 Å². The van der Waals surface area contributed by atoms with Crippen molar-refractivity contribution in [2.24, 2.45) is 16.7 Å². The smallest absolute Gasteiger partial charge is 0.168 e. The zero-order valence-corrected chi connectivity index (χ0v) is 29.9. The quantitative estimate of drug-likeness (QED) is 0.0881. The van der Waals surface area contributed by atoms with E-state index in [2.05, 4.69) is 37.0 Å². The molecule has 4 aromatic rings. The van der Waals surface area contributed by atoms with Gasteiger partial charge in [0.1, 0.15) is 11.6 Å². The molecule has 5 heteroatoms. The molecule has 1 aliphatic rings. The Balaban J connectivity index is 0.000000238. The molecule has 0 saturated heterocycles. The molecule has 0 unspecified atom stereocenters. The number of aryl methyl sites for hydroxylation is 2. The summed E-state index contributed by atoms with van der Waals surface area (Å²) in [6, 6.07) is 18.5. The molecule has 1 N–H and O–H groups in total. The van der Waals surface area contributed by atoms with Gasteiger partial charge in [0.15, 0.2) is 5.78 Å². The van der Waals surface area contributed by atoms with Gasteiger partial charge in [-0.2, -0.15) is 0 Å². The van der Waals surface area contributed by atoms with Gasteiger partial charge in [0.25, 0.3) is 0 Å². The van der Waals surface area contributed by atoms with Crippen LogP contribution in [0, 0.1) is 42.5 Å². The molecule has 0 spiro atoms. The number of hydrogen-bond donors (Lipinski definition) is 1. The van der Waals surface area contributed by atoms with Gasteiger partial charge in [0, 0.05) is 48.1 Å². The predicted octanol–water partition coefficient (Wildman–Crippen LogP) is 11.0. The second-order valence-electron chi connectivity index (χ2n) is 13.5. The SMILES string of the molecule is CCC(C)(C)C(=O)/C(=C(\O)C(C)(C)CC)C1CCCC1.Cc1[c-]c(-c2nccc3c2ccc2c(F)cccc23)cc(C)c1.[Ir]. The molecule has 1 heterocycles. The number of nitrogens with zero attached hydrogens (tertiary/aromatic N) is 1. The van der Waals surface area contributed by atoms with Crippen LogP contribution in [0.3, 0.4) is 0 Å². The van der Waals surface area contributed by atoms with Crippen molar-refractivity contribution >= 4 is 27.3 Å². The van der Waals surface area contributed by atoms with E-state index in [1.54, 1.807) is 12.3 Å². The predicted molar refractivity (Wildman–Crippen MR) is 178 cm³/mol. The molecule has 0 atom stereocenters. The van der Waals surface area contributed by atoms with Crippen molar-refractivity contribution in [3.63, 3.8) is 0 Å². The van der Waals surface area contributed by atoms with Gasteiger partial charge >= 0.3 is 0 Å². The number of rotatable bonds is 7. The first-order chi connectivity index (χ1) is 20.3. The minimum absolute atomic E-state index is 0. The van der Waals surface area contributed by atoms with Crippen molar-refractivity contribution in [3.8, 4) is 11.3 Å². The second kappa shape index (κ2) is 14.5. The number of hydrogen-bond acceptors (Lipinski definition) is 3. The fourth-order valence-electron chi connectivity index (χ4n) is 5.98. The van der Waals surface area contributed by atoms with Gasteiger partial charge in [-0.3, -0.25) is 4.79 Å². The van der Waals surface area contributed by atoms with E-state index in [9.17, 15) is 14.3 Å². The number of aliphatic hydroxyl groups excluding tert-OH is 1. The maximum Gasteiger partial charge on any atom is 0.168 e. The van der Waals surface area contributed by atoms with Crippen molar-refractivity contribution in [2.75, 3.05) is 0 Å². The summed E-state index contributed by atoms with van der Waals surface area (Å²) in [7, 11) is 0. The van der Waals surface area contributed by atoms with Crippen LogP contribution in [0.2, 0.25) is 0 Å². The van der Waals surface area contributed by atoms with Crippen LogP contribution in [0.4, 0.5) is 4.39 Å². The van der Waals surface area contributed by atoms with Gasteiger partial charge in [-0.25, -0.2) is 4.39 Å². The number of allylic oxidation sites excluding steroid dienone is 2. The first kappa shape index (κ1) is 35.6. The third-order valence-electron chi connectivity index (χ3n) is 9.44. The third-order valence-corrected chi connectivity index (χ3v) is 9.44. The van der Waals surface area contributed by atoms with Crippen LogP contribution in [-0.2, 0) is 24.9 Å². The van der Waals surface area contributed by atoms with Gasteiger partial charge < -0.3 is 10.1 Å². The molecule has 44 heavy (non-hydrogen) atoms. The number of ketones is 1. The molecule has 0 amide bonds. The van der Waals surface area contributed by atoms with Crippen molar-refractivity contribution < 1.29 is 34.4 Å². The number of pyridine rings is 1. The van der Waals surface area contributed by atoms with E-state index in [1.165, 1.54) is 24.5 Å². The Kier molecular flexibility index (Phi) is 11.7. The zero-order chi connectivity index (χ0) is 31.5. The Morgan fingerprint density at radius 1 is 0.909 bits per heavy atom. The van der Waals surface area contributed by atoms with Gasteiger partial charge in [0.05, 0.1) is 0 Å². The van der Waals surface area contributed by atoms with Crippen LogP contribution in [0.1, 0.15) is 91.2 Å². The van der Waals surface area contributed by atoms with E-state index in [4.69, 9.17) is 0 Å². The summed E-state index contributed by atoms with van der Waals surface area (Å²) >= 11 is 0. The average molecular weight is 773 g/mol. The Hall–Kier alpha value is -2.88. The van der Waals surface area contributed by atoms with E-state index in [1.807, 2.05) is 65.8 Å². The molecule has 3 nitrogen and oxygen atoms in total. The molecule has 237 valence electrons. The van der Waals surface area contributed by atoms with Crippen LogP contribution in [0.25, 0.3) is 32.8 Å². The fraction of sp³-hybridized carbons (Fsp3) is 0.436. The molecule has 0 aliphatic heterocycles. The van der Waals surface area contributed by atoms with Crippen molar-refractivity contribution in [3.05, 3.63) is 89.1 Å². The topological polar surface area (TPSA) is 50.2 Å². The van der Waals surface area contributed by atoms with Crippen LogP contribution < -0.4 is 0 Å². The van der Waals surface area contributed by atoms with Crippen LogP contribution in [0.15, 0.2) is 66.1 Å². The van der Waals surface area contributed by atoms with Gasteiger partial charge in [0.2, 0.25) is 0 Å². The Morgan fingerprint density at radius 3 is 2.14 bits per heavy atom. The molecule has 0 bridgehead atoms. The van der Waals surface area contributed by atoms with Crippen molar-refractivity contribution in [2.45, 2.75) is 93.9 Å². The van der Waals surface area contributed by atoms with Crippen molar-refractivity contribution in [1.29, 1.82) is 0 Å². The Morgan fingerprint density at radius 2 is 1.52 bits per heavy atom. The largest absolute Gasteiger partial charge is 0.511 e. The summed E-state index contributed by atoms with van der Waals surface area (Å²) in [5, 5.41) is 14.4. The number of aromatic nitrogens is 1. The molecule has 1 aliphatic carbocycles. The number of halogens is 1. The summed E-state index contributed by atoms with van der Waals surface area (Å²) < 4.78 is 14.0. The van der Waals surface area contributed by atoms with E-state index < -0.39 is 0 Å². The monoisotopic (exact) mass is 773 g/mol. The normalized spacial score (nSPS) is 14.6. The number of carbonyl (C=O) groups is 1. The third kappa shape index (κ3) is 7.49. The molecule has 1 aromatic heterocycles. The molecule has 1 radical (unpaired) electrons. The number of benzene rings is 3. The molecular formula is C39H47FIrNO2-. The summed E-state index contributed by atoms with van der Waals surface area (Å²) in [4.78, 5) is 17.5. The minimum Gasteiger partial charge on any atom is -0.511 e. The molecular weight excluding hydrogens is 726 g/mol. The zero-order valence-electron chi connectivity index (χ0n) is 27.5. The number of carbonyl (C=O) groups excluding carboxylic acids is 1. The fourth-order valence-corrected chi connectivity index (χ4v) is 5.98. The number of aliphatic hydroxyl groups is 1. The van der Waals surface area contributed by atoms with E-state index >= 15 is 0 Å². The van der Waals surface area contributed by atoms with E-state index in [0.717, 1.165) is 64.2 Å². The van der Waals surface area contributed by atoms with Crippen LogP contribution in [0.5, 0.6) is 0 Å². The van der Waals surface area contributed by atoms with E-state index in [-0.39, 0.29) is 48.5 Å². The van der Waals surface area contributed by atoms with E-state index in [0.29, 0.717) is 11.1 Å². The van der Waals surface area contributed by atoms with Gasteiger partial charge in [-0.05, 0) is 65.6 Å². The van der Waals surface area contributed by atoms with Gasteiger partial charge in [-0.15, -0.1) is 34.9 Å². The summed E-state index contributed by atoms with van der Waals surface area (Å²) in [5.74, 6) is 0.573. The molecule has 3 aromatic carbocycles. The second-order valence-corrected chi connectivity index (χ2v) is 13.5. The number of Topliss-reactive ketones (excluding diaryl/α,β-unsaturated/α-hetero) is 1. The standard InChI is InChI=1S/C21H15FN.C18H32O2.Ir/c1-13-10-14(2)12-15(11-13)21-19-7-6-18-16(4-3-5-20(18)22)17(19)8-9-23-21;1-7-17(3,4)15(19)14(13-11-9-10-12-13)16(20)18(5,6)8-2;/h3-11H,1-2H3;13,19H,7-12H2,1-6H3;/q-1;;/b;15-14-;. The summed E-state index contributed by atoms with van der Waals surface area (Å²) in [5.41, 5.74) is 4.19. The Bertz CT molecular complexity index is 1640. The first-order valence-electron chi connectivity index (χ1n) is 15.8. The van der Waals surface area contributed by atoms with Crippen LogP contribution in [-0.4, -0.2) is 15.9 Å². The maximum absolute atomic E-state index is 14.0. The molecule has 1 fully saturated rings. The summed E-state index contributed by atoms with van der Waals surface area (Å²) in [6.45, 7) is 16.3. The summed E-state index contributed by atoms with van der Waals surface area (Å²) in [6.07, 6.45) is 7.88. The maximum atomic E-state index is 14.0. The van der Waals surface area contributed by atoms with Crippen molar-refractivity contribution in [1.82, 2.24) is 4.98 Å². The first-order valence-corrected chi connectivity index (χ1v) is 15.8. The number of fused-ring (bicyclic) bond motifs is 3. The average Bonchev–Trinajstić information content (AvgIpc) is 3.51.